The van der Waals surface area contributed by atoms with Gasteiger partial charge in [0.2, 0.25) is 0 Å². The average Bonchev–Trinajstić information content (AvgIpc) is 2.86. The molecule has 0 aliphatic carbocycles. The maximum Gasteiger partial charge on any atom is 0.131 e. The molecule has 3 N–H and O–H groups in total. The summed E-state index contributed by atoms with van der Waals surface area (Å²) in [4.78, 5) is 8.66. The quantitative estimate of drug-likeness (QED) is 0.548. The molecule has 0 saturated carbocycles. The summed E-state index contributed by atoms with van der Waals surface area (Å²) in [5, 5.41) is 1.09. The Morgan fingerprint density at radius 2 is 2.11 bits per heavy atom. The van der Waals surface area contributed by atoms with E-state index in [9.17, 15) is 0 Å². The van der Waals surface area contributed by atoms with Crippen LogP contribution in [0, 0.1) is 0 Å². The molecule has 0 bridgehead atoms. The van der Waals surface area contributed by atoms with Crippen LogP contribution in [0.2, 0.25) is 0 Å². The van der Waals surface area contributed by atoms with Gasteiger partial charge in [0.15, 0.2) is 0 Å². The van der Waals surface area contributed by atoms with Crippen molar-refractivity contribution in [2.24, 2.45) is 12.9 Å². The summed E-state index contributed by atoms with van der Waals surface area (Å²) in [5.74, 6) is 6.57. The topological polar surface area (TPSA) is 68.8 Å². The van der Waals surface area contributed by atoms with Gasteiger partial charge in [-0.05, 0) is 23.8 Å². The second kappa shape index (κ2) is 4.79. The molecule has 5 nitrogen and oxygen atoms in total. The van der Waals surface area contributed by atoms with Crippen molar-refractivity contribution in [2.75, 3.05) is 0 Å². The molecule has 1 aromatic carbocycles. The van der Waals surface area contributed by atoms with Gasteiger partial charge in [0, 0.05) is 31.0 Å². The lowest BCUT2D eigenvalue weighted by molar-refractivity contribution is 0.580. The Bertz CT molecular complexity index is 704. The lowest BCUT2D eigenvalue weighted by Crippen LogP contribution is -2.30. The first-order chi connectivity index (χ1) is 9.29. The Labute approximate surface area is 111 Å². The summed E-state index contributed by atoms with van der Waals surface area (Å²) in [5.41, 5.74) is 4.86. The lowest BCUT2D eigenvalue weighted by Gasteiger charge is -2.16. The molecule has 1 atom stereocenters. The zero-order valence-electron chi connectivity index (χ0n) is 10.6. The first-order valence-corrected chi connectivity index (χ1v) is 6.07. The minimum absolute atomic E-state index is 0.135. The van der Waals surface area contributed by atoms with Crippen molar-refractivity contribution in [3.05, 3.63) is 60.3 Å². The van der Waals surface area contributed by atoms with Crippen molar-refractivity contribution in [2.45, 2.75) is 6.04 Å². The van der Waals surface area contributed by atoms with Gasteiger partial charge in [0.25, 0.3) is 0 Å². The van der Waals surface area contributed by atoms with E-state index in [0.717, 1.165) is 22.3 Å². The second-order valence-electron chi connectivity index (χ2n) is 4.45. The number of nitrogens with one attached hydrogen (secondary N) is 1. The van der Waals surface area contributed by atoms with Crippen molar-refractivity contribution in [3.8, 4) is 0 Å². The van der Waals surface area contributed by atoms with E-state index in [2.05, 4.69) is 21.5 Å². The third-order valence-corrected chi connectivity index (χ3v) is 3.24. The molecule has 2 aromatic heterocycles. The van der Waals surface area contributed by atoms with Crippen LogP contribution in [0.5, 0.6) is 0 Å². The molecular formula is C14H15N5. The minimum Gasteiger partial charge on any atom is -0.336 e. The van der Waals surface area contributed by atoms with E-state index in [-0.39, 0.29) is 6.04 Å². The highest BCUT2D eigenvalue weighted by molar-refractivity contribution is 5.79. The first kappa shape index (κ1) is 11.8. The number of hydrogen-bond donors (Lipinski definition) is 2. The predicted molar refractivity (Wildman–Crippen MR) is 74.1 cm³/mol. The van der Waals surface area contributed by atoms with Gasteiger partial charge in [-0.15, -0.1) is 0 Å². The lowest BCUT2D eigenvalue weighted by atomic mass is 10.0. The fourth-order valence-electron chi connectivity index (χ4n) is 2.25. The Hall–Kier alpha value is -2.24. The van der Waals surface area contributed by atoms with Crippen LogP contribution in [0.25, 0.3) is 10.9 Å². The summed E-state index contributed by atoms with van der Waals surface area (Å²) in [6.07, 6.45) is 5.46. The molecule has 3 aromatic rings. The maximum atomic E-state index is 5.69. The van der Waals surface area contributed by atoms with E-state index in [0.29, 0.717) is 0 Å². The Morgan fingerprint density at radius 3 is 2.84 bits per heavy atom. The summed E-state index contributed by atoms with van der Waals surface area (Å²) < 4.78 is 1.96. The third-order valence-electron chi connectivity index (χ3n) is 3.24. The molecule has 0 fully saturated rings. The fraction of sp³-hybridized carbons (Fsp3) is 0.143. The number of nitrogens with two attached hydrogens (primary N) is 1. The first-order valence-electron chi connectivity index (χ1n) is 6.07. The number of hydrazine groups is 1. The van der Waals surface area contributed by atoms with Crippen molar-refractivity contribution in [3.63, 3.8) is 0 Å². The molecule has 2 heterocycles. The Kier molecular flexibility index (Phi) is 2.98. The van der Waals surface area contributed by atoms with Crippen molar-refractivity contribution in [1.82, 2.24) is 20.0 Å². The second-order valence-corrected chi connectivity index (χ2v) is 4.45. The average molecular weight is 253 g/mol. The number of hydrogen-bond acceptors (Lipinski definition) is 4. The maximum absolute atomic E-state index is 5.69. The molecule has 0 spiro atoms. The number of fused-ring (bicyclic) bond motifs is 1. The van der Waals surface area contributed by atoms with Crippen LogP contribution in [0.1, 0.15) is 17.4 Å². The molecule has 0 aliphatic heterocycles. The minimum atomic E-state index is -0.135. The van der Waals surface area contributed by atoms with Gasteiger partial charge in [0.05, 0.1) is 5.52 Å². The van der Waals surface area contributed by atoms with Crippen LogP contribution in [-0.4, -0.2) is 14.5 Å². The van der Waals surface area contributed by atoms with Crippen molar-refractivity contribution in [1.29, 1.82) is 0 Å². The number of rotatable bonds is 3. The predicted octanol–water partition coefficient (Wildman–Crippen LogP) is 1.52. The van der Waals surface area contributed by atoms with Crippen LogP contribution < -0.4 is 11.3 Å². The van der Waals surface area contributed by atoms with Gasteiger partial charge < -0.3 is 4.57 Å². The number of aromatic nitrogens is 3. The van der Waals surface area contributed by atoms with Crippen molar-refractivity contribution >= 4 is 10.9 Å². The number of aryl methyl sites for hydroxylation is 1. The molecule has 0 aliphatic rings. The van der Waals surface area contributed by atoms with Crippen LogP contribution in [-0.2, 0) is 7.05 Å². The summed E-state index contributed by atoms with van der Waals surface area (Å²) in [7, 11) is 1.95. The summed E-state index contributed by atoms with van der Waals surface area (Å²) >= 11 is 0. The molecule has 1 unspecified atom stereocenters. The molecule has 0 saturated heterocycles. The summed E-state index contributed by atoms with van der Waals surface area (Å²) in [6, 6.07) is 9.94. The Morgan fingerprint density at radius 1 is 1.21 bits per heavy atom. The SMILES string of the molecule is Cn1ccnc1C(NN)c1ccc2ncccc2c1. The zero-order chi connectivity index (χ0) is 13.2. The van der Waals surface area contributed by atoms with Gasteiger partial charge in [-0.1, -0.05) is 12.1 Å². The molecule has 3 rings (SSSR count). The molecule has 5 heteroatoms. The fourth-order valence-corrected chi connectivity index (χ4v) is 2.25. The van der Waals surface area contributed by atoms with Crippen LogP contribution >= 0.6 is 0 Å². The van der Waals surface area contributed by atoms with Gasteiger partial charge in [-0.25, -0.2) is 10.4 Å². The van der Waals surface area contributed by atoms with E-state index in [1.807, 2.05) is 42.1 Å². The highest BCUT2D eigenvalue weighted by atomic mass is 15.3. The van der Waals surface area contributed by atoms with E-state index in [1.54, 1.807) is 12.4 Å². The smallest absolute Gasteiger partial charge is 0.131 e. The van der Waals surface area contributed by atoms with Gasteiger partial charge >= 0.3 is 0 Å². The molecule has 0 radical (unpaired) electrons. The number of nitrogens with zero attached hydrogens (tertiary/aromatic N) is 3. The van der Waals surface area contributed by atoms with Gasteiger partial charge in [0.1, 0.15) is 11.9 Å². The van der Waals surface area contributed by atoms with E-state index in [4.69, 9.17) is 5.84 Å². The van der Waals surface area contributed by atoms with Crippen LogP contribution in [0.4, 0.5) is 0 Å². The number of benzene rings is 1. The van der Waals surface area contributed by atoms with Crippen molar-refractivity contribution < 1.29 is 0 Å². The monoisotopic (exact) mass is 253 g/mol. The highest BCUT2D eigenvalue weighted by Gasteiger charge is 2.16. The molecule has 96 valence electrons. The van der Waals surface area contributed by atoms with Crippen LogP contribution in [0.15, 0.2) is 48.9 Å². The van der Waals surface area contributed by atoms with E-state index in [1.165, 1.54) is 0 Å². The van der Waals surface area contributed by atoms with Gasteiger partial charge in [-0.2, -0.15) is 0 Å². The molecular weight excluding hydrogens is 238 g/mol. The molecule has 19 heavy (non-hydrogen) atoms. The summed E-state index contributed by atoms with van der Waals surface area (Å²) in [6.45, 7) is 0. The highest BCUT2D eigenvalue weighted by Crippen LogP contribution is 2.22. The normalized spacial score (nSPS) is 12.7. The van der Waals surface area contributed by atoms with Crippen LogP contribution in [0.3, 0.4) is 0 Å². The van der Waals surface area contributed by atoms with E-state index >= 15 is 0 Å². The third kappa shape index (κ3) is 2.09. The number of imidazole rings is 1. The number of pyridine rings is 1. The standard InChI is InChI=1S/C14H15N5/c1-19-8-7-17-14(19)13(18-15)11-4-5-12-10(9-11)3-2-6-16-12/h2-9,13,18H,15H2,1H3. The molecule has 0 amide bonds. The van der Waals surface area contributed by atoms with Gasteiger partial charge in [-0.3, -0.25) is 10.8 Å². The zero-order valence-corrected chi connectivity index (χ0v) is 10.6. The largest absolute Gasteiger partial charge is 0.336 e. The van der Waals surface area contributed by atoms with E-state index < -0.39 is 0 Å². The Balaban J connectivity index is 2.09.